The van der Waals surface area contributed by atoms with Gasteiger partial charge < -0.3 is 10.3 Å². The molecule has 106 valence electrons. The van der Waals surface area contributed by atoms with E-state index in [2.05, 4.69) is 26.1 Å². The van der Waals surface area contributed by atoms with Crippen molar-refractivity contribution in [2.45, 2.75) is 24.7 Å². The Hall–Kier alpha value is -1.34. The Kier molecular flexibility index (Phi) is 3.33. The maximum absolute atomic E-state index is 13.5. The molecular weight excluding hydrogens is 332 g/mol. The average molecular weight is 344 g/mol. The highest BCUT2D eigenvalue weighted by Crippen LogP contribution is 2.42. The van der Waals surface area contributed by atoms with Gasteiger partial charge in [-0.15, -0.1) is 0 Å². The van der Waals surface area contributed by atoms with Gasteiger partial charge in [0.1, 0.15) is 0 Å². The lowest BCUT2D eigenvalue weighted by Crippen LogP contribution is -2.41. The largest absolute Gasteiger partial charge is 0.338 e. The maximum Gasteiger partial charge on any atom is 0.234 e. The van der Waals surface area contributed by atoms with Crippen LogP contribution in [0.5, 0.6) is 0 Å². The van der Waals surface area contributed by atoms with Crippen molar-refractivity contribution in [2.75, 3.05) is 6.54 Å². The van der Waals surface area contributed by atoms with Crippen LogP contribution in [0.2, 0.25) is 0 Å². The fourth-order valence-corrected chi connectivity index (χ4v) is 2.85. The van der Waals surface area contributed by atoms with Crippen LogP contribution in [-0.2, 0) is 5.41 Å². The number of halogens is 3. The number of nitrogens with two attached hydrogens (primary N) is 1. The van der Waals surface area contributed by atoms with Crippen LogP contribution in [0.4, 0.5) is 8.78 Å². The molecule has 0 atom stereocenters. The average Bonchev–Trinajstić information content (AvgIpc) is 2.85. The van der Waals surface area contributed by atoms with Crippen LogP contribution in [-0.4, -0.2) is 16.7 Å². The first kappa shape index (κ1) is 13.6. The molecule has 1 saturated carbocycles. The summed E-state index contributed by atoms with van der Waals surface area (Å²) in [6.07, 6.45) is 2.89. The van der Waals surface area contributed by atoms with Gasteiger partial charge in [-0.3, -0.25) is 0 Å². The standard InChI is InChI=1S/C13H12BrF2N3O/c14-9-7(2-3-8(15)10(9)16)11-18-12(20-19-11)13(6-17)4-1-5-13/h2-3H,1,4-6,17H2. The zero-order chi connectivity index (χ0) is 14.3. The summed E-state index contributed by atoms with van der Waals surface area (Å²) in [5, 5.41) is 3.85. The highest BCUT2D eigenvalue weighted by atomic mass is 79.9. The van der Waals surface area contributed by atoms with Gasteiger partial charge in [-0.1, -0.05) is 11.6 Å². The summed E-state index contributed by atoms with van der Waals surface area (Å²) in [5.41, 5.74) is 5.87. The first-order chi connectivity index (χ1) is 9.57. The minimum atomic E-state index is -0.967. The van der Waals surface area contributed by atoms with Gasteiger partial charge in [-0.2, -0.15) is 4.98 Å². The molecule has 7 heteroatoms. The molecule has 0 aliphatic heterocycles. The fourth-order valence-electron chi connectivity index (χ4n) is 2.36. The van der Waals surface area contributed by atoms with E-state index in [9.17, 15) is 8.78 Å². The van der Waals surface area contributed by atoms with Gasteiger partial charge in [0.25, 0.3) is 0 Å². The molecule has 0 saturated heterocycles. The van der Waals surface area contributed by atoms with Gasteiger partial charge in [0, 0.05) is 12.1 Å². The second kappa shape index (κ2) is 4.89. The number of benzene rings is 1. The Labute approximate surface area is 122 Å². The van der Waals surface area contributed by atoms with Crippen LogP contribution in [0.25, 0.3) is 11.4 Å². The van der Waals surface area contributed by atoms with Gasteiger partial charge >= 0.3 is 0 Å². The van der Waals surface area contributed by atoms with E-state index in [-0.39, 0.29) is 15.7 Å². The third-order valence-electron chi connectivity index (χ3n) is 3.86. The van der Waals surface area contributed by atoms with Crippen molar-refractivity contribution in [3.8, 4) is 11.4 Å². The molecule has 20 heavy (non-hydrogen) atoms. The molecule has 1 aliphatic carbocycles. The van der Waals surface area contributed by atoms with Crippen LogP contribution in [0.1, 0.15) is 25.2 Å². The Morgan fingerprint density at radius 2 is 2.10 bits per heavy atom. The lowest BCUT2D eigenvalue weighted by atomic mass is 9.69. The molecule has 1 fully saturated rings. The van der Waals surface area contributed by atoms with Crippen LogP contribution in [0, 0.1) is 11.6 Å². The molecule has 3 rings (SSSR count). The smallest absolute Gasteiger partial charge is 0.234 e. The summed E-state index contributed by atoms with van der Waals surface area (Å²) >= 11 is 3.01. The minimum absolute atomic E-state index is 0.0137. The maximum atomic E-state index is 13.5. The quantitative estimate of drug-likeness (QED) is 0.869. The van der Waals surface area contributed by atoms with Crippen molar-refractivity contribution in [1.29, 1.82) is 0 Å². The molecule has 2 aromatic rings. The zero-order valence-corrected chi connectivity index (χ0v) is 12.1. The predicted molar refractivity (Wildman–Crippen MR) is 71.9 cm³/mol. The van der Waals surface area contributed by atoms with Gasteiger partial charge in [0.15, 0.2) is 11.6 Å². The normalized spacial score (nSPS) is 17.0. The summed E-state index contributed by atoms with van der Waals surface area (Å²) in [7, 11) is 0. The number of hydrogen-bond acceptors (Lipinski definition) is 4. The number of nitrogens with zero attached hydrogens (tertiary/aromatic N) is 2. The van der Waals surface area contributed by atoms with Crippen molar-refractivity contribution in [1.82, 2.24) is 10.1 Å². The molecule has 1 aromatic heterocycles. The monoisotopic (exact) mass is 343 g/mol. The van der Waals surface area contributed by atoms with E-state index in [0.29, 0.717) is 18.0 Å². The highest BCUT2D eigenvalue weighted by molar-refractivity contribution is 9.10. The van der Waals surface area contributed by atoms with Gasteiger partial charge in [-0.25, -0.2) is 8.78 Å². The Morgan fingerprint density at radius 3 is 2.70 bits per heavy atom. The molecule has 0 unspecified atom stereocenters. The van der Waals surface area contributed by atoms with Crippen LogP contribution in [0.15, 0.2) is 21.1 Å². The minimum Gasteiger partial charge on any atom is -0.338 e. The molecule has 0 radical (unpaired) electrons. The molecule has 1 heterocycles. The summed E-state index contributed by atoms with van der Waals surface area (Å²) in [6, 6.07) is 2.44. The topological polar surface area (TPSA) is 64.9 Å². The van der Waals surface area contributed by atoms with E-state index in [0.717, 1.165) is 25.3 Å². The summed E-state index contributed by atoms with van der Waals surface area (Å²) < 4.78 is 31.9. The lowest BCUT2D eigenvalue weighted by molar-refractivity contribution is 0.182. The summed E-state index contributed by atoms with van der Waals surface area (Å²) in [4.78, 5) is 4.30. The van der Waals surface area contributed by atoms with Crippen LogP contribution < -0.4 is 5.73 Å². The molecular formula is C13H12BrF2N3O. The van der Waals surface area contributed by atoms with Crippen LogP contribution in [0.3, 0.4) is 0 Å². The lowest BCUT2D eigenvalue weighted by Gasteiger charge is -2.36. The fraction of sp³-hybridized carbons (Fsp3) is 0.385. The van der Waals surface area contributed by atoms with Gasteiger partial charge in [-0.05, 0) is 40.9 Å². The summed E-state index contributed by atoms with van der Waals surface area (Å²) in [5.74, 6) is -1.20. The Balaban J connectivity index is 2.01. The highest BCUT2D eigenvalue weighted by Gasteiger charge is 2.42. The van der Waals surface area contributed by atoms with Crippen molar-refractivity contribution in [3.63, 3.8) is 0 Å². The number of rotatable bonds is 3. The van der Waals surface area contributed by atoms with Crippen molar-refractivity contribution >= 4 is 15.9 Å². The Bertz CT molecular complexity index is 650. The molecule has 0 spiro atoms. The van der Waals surface area contributed by atoms with E-state index < -0.39 is 11.6 Å². The van der Waals surface area contributed by atoms with Gasteiger partial charge in [0.2, 0.25) is 11.7 Å². The van der Waals surface area contributed by atoms with E-state index in [1.165, 1.54) is 6.07 Å². The third kappa shape index (κ3) is 1.96. The van der Waals surface area contributed by atoms with E-state index in [1.54, 1.807) is 0 Å². The third-order valence-corrected chi connectivity index (χ3v) is 4.63. The Morgan fingerprint density at radius 1 is 1.35 bits per heavy atom. The molecule has 1 aliphatic rings. The van der Waals surface area contributed by atoms with Crippen molar-refractivity contribution < 1.29 is 13.3 Å². The first-order valence-electron chi connectivity index (χ1n) is 6.25. The van der Waals surface area contributed by atoms with E-state index in [1.807, 2.05) is 0 Å². The second-order valence-electron chi connectivity index (χ2n) is 4.98. The number of hydrogen-bond donors (Lipinski definition) is 1. The molecule has 0 amide bonds. The molecule has 4 nitrogen and oxygen atoms in total. The van der Waals surface area contributed by atoms with Crippen LogP contribution >= 0.6 is 15.9 Å². The SMILES string of the molecule is NCC1(c2nc(-c3ccc(F)c(F)c3Br)no2)CCC1. The second-order valence-corrected chi connectivity index (χ2v) is 5.78. The van der Waals surface area contributed by atoms with Gasteiger partial charge in [0.05, 0.1) is 9.89 Å². The molecule has 2 N–H and O–H groups in total. The summed E-state index contributed by atoms with van der Waals surface area (Å²) in [6.45, 7) is 0.438. The van der Waals surface area contributed by atoms with E-state index >= 15 is 0 Å². The zero-order valence-electron chi connectivity index (χ0n) is 10.5. The van der Waals surface area contributed by atoms with Crippen molar-refractivity contribution in [2.24, 2.45) is 5.73 Å². The first-order valence-corrected chi connectivity index (χ1v) is 7.05. The molecule has 0 bridgehead atoms. The number of aromatic nitrogens is 2. The molecule has 1 aromatic carbocycles. The van der Waals surface area contributed by atoms with Crippen molar-refractivity contribution in [3.05, 3.63) is 34.1 Å². The van der Waals surface area contributed by atoms with E-state index in [4.69, 9.17) is 10.3 Å². The predicted octanol–water partition coefficient (Wildman–Crippen LogP) is 3.16.